The first-order chi connectivity index (χ1) is 10.1. The summed E-state index contributed by atoms with van der Waals surface area (Å²) in [5, 5.41) is 6.52. The van der Waals surface area contributed by atoms with Gasteiger partial charge in [0, 0.05) is 18.5 Å². The number of rotatable bonds is 7. The molecule has 3 N–H and O–H groups in total. The van der Waals surface area contributed by atoms with E-state index in [1.165, 1.54) is 11.3 Å². The minimum Gasteiger partial charge on any atom is -0.489 e. The Morgan fingerprint density at radius 2 is 2.24 bits per heavy atom. The average molecular weight is 326 g/mol. The van der Waals surface area contributed by atoms with Gasteiger partial charge in [-0.2, -0.15) is 0 Å². The van der Waals surface area contributed by atoms with E-state index in [1.54, 1.807) is 0 Å². The summed E-state index contributed by atoms with van der Waals surface area (Å²) >= 11 is 7.70. The summed E-state index contributed by atoms with van der Waals surface area (Å²) in [5.74, 6) is 0.738. The van der Waals surface area contributed by atoms with Crippen molar-refractivity contribution in [2.24, 2.45) is 0 Å². The molecular formula is C15H20ClN3OS. The number of hydrogen-bond donors (Lipinski definition) is 2. The van der Waals surface area contributed by atoms with Crippen LogP contribution >= 0.6 is 22.9 Å². The summed E-state index contributed by atoms with van der Waals surface area (Å²) in [6.45, 7) is 5.53. The van der Waals surface area contributed by atoms with Crippen LogP contribution < -0.4 is 15.8 Å². The Kier molecular flexibility index (Phi) is 5.85. The number of nitrogens with zero attached hydrogens (tertiary/aromatic N) is 1. The van der Waals surface area contributed by atoms with Crippen molar-refractivity contribution in [3.05, 3.63) is 39.9 Å². The van der Waals surface area contributed by atoms with E-state index in [4.69, 9.17) is 22.1 Å². The Balaban J connectivity index is 1.88. The van der Waals surface area contributed by atoms with Crippen molar-refractivity contribution in [3.63, 3.8) is 0 Å². The molecule has 0 aliphatic carbocycles. The molecule has 1 aromatic carbocycles. The lowest BCUT2D eigenvalue weighted by Gasteiger charge is -2.14. The molecule has 0 saturated carbocycles. The molecule has 0 amide bonds. The summed E-state index contributed by atoms with van der Waals surface area (Å²) in [7, 11) is 0. The van der Waals surface area contributed by atoms with Crippen LogP contribution in [0.3, 0.4) is 0 Å². The second kappa shape index (κ2) is 7.64. The largest absolute Gasteiger partial charge is 0.489 e. The Morgan fingerprint density at radius 1 is 1.43 bits per heavy atom. The molecule has 21 heavy (non-hydrogen) atoms. The predicted molar refractivity (Wildman–Crippen MR) is 88.9 cm³/mol. The minimum absolute atomic E-state index is 0.168. The smallest absolute Gasteiger partial charge is 0.180 e. The van der Waals surface area contributed by atoms with Crippen LogP contribution in [0.2, 0.25) is 5.02 Å². The van der Waals surface area contributed by atoms with Gasteiger partial charge in [-0.25, -0.2) is 4.98 Å². The van der Waals surface area contributed by atoms with Crippen molar-refractivity contribution in [2.45, 2.75) is 39.5 Å². The van der Waals surface area contributed by atoms with Gasteiger partial charge in [0.2, 0.25) is 0 Å². The van der Waals surface area contributed by atoms with Crippen molar-refractivity contribution < 1.29 is 4.74 Å². The molecule has 2 aromatic rings. The van der Waals surface area contributed by atoms with Gasteiger partial charge in [0.25, 0.3) is 0 Å². The number of nitrogens with two attached hydrogens (primary N) is 1. The quantitative estimate of drug-likeness (QED) is 0.811. The normalized spacial score (nSPS) is 12.3. The van der Waals surface area contributed by atoms with Crippen LogP contribution in [0.5, 0.6) is 5.75 Å². The lowest BCUT2D eigenvalue weighted by Crippen LogP contribution is -2.13. The van der Waals surface area contributed by atoms with E-state index < -0.39 is 0 Å². The van der Waals surface area contributed by atoms with Crippen LogP contribution in [0.1, 0.15) is 31.5 Å². The molecule has 0 spiro atoms. The van der Waals surface area contributed by atoms with Crippen molar-refractivity contribution in [1.29, 1.82) is 0 Å². The van der Waals surface area contributed by atoms with Gasteiger partial charge in [0.15, 0.2) is 5.13 Å². The first kappa shape index (κ1) is 16.1. The molecule has 0 aliphatic heterocycles. The van der Waals surface area contributed by atoms with Gasteiger partial charge in [-0.3, -0.25) is 0 Å². The van der Waals surface area contributed by atoms with Gasteiger partial charge in [-0.15, -0.1) is 11.3 Å². The average Bonchev–Trinajstić information content (AvgIpc) is 2.87. The number of thiazole rings is 1. The van der Waals surface area contributed by atoms with Crippen LogP contribution in [0.4, 0.5) is 5.13 Å². The maximum absolute atomic E-state index is 6.25. The zero-order chi connectivity index (χ0) is 15.2. The summed E-state index contributed by atoms with van der Waals surface area (Å²) in [6, 6.07) is 5.88. The third-order valence-electron chi connectivity index (χ3n) is 3.10. The summed E-state index contributed by atoms with van der Waals surface area (Å²) in [5.41, 5.74) is 7.67. The number of aromatic nitrogens is 1. The number of anilines is 1. The monoisotopic (exact) mass is 325 g/mol. The van der Waals surface area contributed by atoms with E-state index >= 15 is 0 Å². The van der Waals surface area contributed by atoms with Crippen molar-refractivity contribution in [3.8, 4) is 5.75 Å². The molecular weight excluding hydrogens is 306 g/mol. The molecule has 0 saturated heterocycles. The van der Waals surface area contributed by atoms with E-state index in [9.17, 15) is 0 Å². The van der Waals surface area contributed by atoms with E-state index in [0.717, 1.165) is 30.0 Å². The number of nitrogens with one attached hydrogen (secondary N) is 1. The number of benzene rings is 1. The molecule has 2 rings (SSSR count). The highest BCUT2D eigenvalue weighted by atomic mass is 35.5. The highest BCUT2D eigenvalue weighted by molar-refractivity contribution is 7.13. The molecule has 1 aromatic heterocycles. The fourth-order valence-corrected chi connectivity index (χ4v) is 2.60. The van der Waals surface area contributed by atoms with Crippen molar-refractivity contribution >= 4 is 28.1 Å². The first-order valence-electron chi connectivity index (χ1n) is 6.94. The van der Waals surface area contributed by atoms with Crippen molar-refractivity contribution in [2.75, 3.05) is 5.73 Å². The molecule has 6 heteroatoms. The molecule has 0 fully saturated rings. The molecule has 4 nitrogen and oxygen atoms in total. The summed E-state index contributed by atoms with van der Waals surface area (Å²) in [4.78, 5) is 4.20. The van der Waals surface area contributed by atoms with Gasteiger partial charge in [0.05, 0.1) is 16.8 Å². The van der Waals surface area contributed by atoms with Gasteiger partial charge >= 0.3 is 0 Å². The number of hydrogen-bond acceptors (Lipinski definition) is 5. The summed E-state index contributed by atoms with van der Waals surface area (Å²) < 4.78 is 5.75. The molecule has 1 heterocycles. The molecule has 0 bridgehead atoms. The molecule has 0 unspecified atom stereocenters. The molecule has 114 valence electrons. The van der Waals surface area contributed by atoms with Gasteiger partial charge in [0.1, 0.15) is 5.75 Å². The fourth-order valence-electron chi connectivity index (χ4n) is 1.79. The third-order valence-corrected chi connectivity index (χ3v) is 4.12. The lowest BCUT2D eigenvalue weighted by atomic mass is 10.2. The molecule has 0 aliphatic rings. The van der Waals surface area contributed by atoms with E-state index in [-0.39, 0.29) is 6.10 Å². The summed E-state index contributed by atoms with van der Waals surface area (Å²) in [6.07, 6.45) is 1.12. The lowest BCUT2D eigenvalue weighted by molar-refractivity contribution is 0.217. The molecule has 0 radical (unpaired) electrons. The first-order valence-corrected chi connectivity index (χ1v) is 8.20. The number of halogens is 1. The zero-order valence-corrected chi connectivity index (χ0v) is 13.8. The fraction of sp³-hybridized carbons (Fsp3) is 0.400. The van der Waals surface area contributed by atoms with Gasteiger partial charge in [-0.1, -0.05) is 24.6 Å². The van der Waals surface area contributed by atoms with Gasteiger partial charge in [-0.05, 0) is 31.0 Å². The zero-order valence-electron chi connectivity index (χ0n) is 12.2. The minimum atomic E-state index is 0.168. The maximum atomic E-state index is 6.25. The third kappa shape index (κ3) is 4.88. The van der Waals surface area contributed by atoms with Gasteiger partial charge < -0.3 is 15.8 Å². The van der Waals surface area contributed by atoms with Crippen molar-refractivity contribution in [1.82, 2.24) is 10.3 Å². The van der Waals surface area contributed by atoms with E-state index in [1.807, 2.05) is 30.5 Å². The highest BCUT2D eigenvalue weighted by Gasteiger charge is 2.07. The second-order valence-corrected chi connectivity index (χ2v) is 6.18. The maximum Gasteiger partial charge on any atom is 0.180 e. The topological polar surface area (TPSA) is 60.2 Å². The Labute approximate surface area is 134 Å². The van der Waals surface area contributed by atoms with Crippen LogP contribution in [0.15, 0.2) is 23.6 Å². The Hall–Kier alpha value is -1.30. The molecule has 1 atom stereocenters. The highest BCUT2D eigenvalue weighted by Crippen LogP contribution is 2.26. The predicted octanol–water partition coefficient (Wildman–Crippen LogP) is 3.85. The Bertz CT molecular complexity index is 588. The second-order valence-electron chi connectivity index (χ2n) is 4.88. The van der Waals surface area contributed by atoms with Crippen LogP contribution in [0, 0.1) is 0 Å². The van der Waals surface area contributed by atoms with E-state index in [2.05, 4.69) is 17.2 Å². The number of ether oxygens (including phenoxy) is 1. The van der Waals surface area contributed by atoms with E-state index in [0.29, 0.717) is 16.7 Å². The standard InChI is InChI=1S/C15H20ClN3OS/c1-3-10(2)20-14-5-4-11(6-13(14)16)7-18-8-12-9-21-15(17)19-12/h4-6,9-10,18H,3,7-8H2,1-2H3,(H2,17,19)/t10-/m0/s1. The van der Waals surface area contributed by atoms with Crippen LogP contribution in [-0.4, -0.2) is 11.1 Å². The van der Waals surface area contributed by atoms with Crippen LogP contribution in [0.25, 0.3) is 0 Å². The van der Waals surface area contributed by atoms with Crippen LogP contribution in [-0.2, 0) is 13.1 Å². The SMILES string of the molecule is CC[C@H](C)Oc1ccc(CNCc2csc(N)n2)cc1Cl. The number of nitrogen functional groups attached to an aromatic ring is 1. The Morgan fingerprint density at radius 3 is 2.86 bits per heavy atom.